The maximum Gasteiger partial charge on any atom is 0.384 e. The molecule has 0 aliphatic rings. The molecule has 0 unspecified atom stereocenters. The molecule has 0 radical (unpaired) electrons. The van der Waals surface area contributed by atoms with Gasteiger partial charge in [-0.25, -0.2) is 4.79 Å². The molecule has 0 heterocycles. The predicted octanol–water partition coefficient (Wildman–Crippen LogP) is 2.88. The van der Waals surface area contributed by atoms with Gasteiger partial charge in [-0.1, -0.05) is 18.2 Å². The topological polar surface area (TPSA) is 43.4 Å². The molecule has 6 heteroatoms. The predicted molar refractivity (Wildman–Crippen MR) is 57.5 cm³/mol. The molecule has 0 amide bonds. The smallest absolute Gasteiger partial charge is 0.384 e. The van der Waals surface area contributed by atoms with Crippen LogP contribution >= 0.6 is 11.6 Å². The Morgan fingerprint density at radius 2 is 1.82 bits per heavy atom. The minimum Gasteiger partial charge on any atom is -0.462 e. The zero-order valence-electron chi connectivity index (χ0n) is 8.88. The number of ether oxygens (including phenoxy) is 1. The van der Waals surface area contributed by atoms with Crippen molar-refractivity contribution in [3.8, 4) is 0 Å². The fourth-order valence-electron chi connectivity index (χ4n) is 1.22. The second kappa shape index (κ2) is 5.23. The SMILES string of the molecule is CCOC(=O)c1ccccc1C(=O)C(F)(F)Cl. The van der Waals surface area contributed by atoms with E-state index in [1.54, 1.807) is 6.92 Å². The number of benzene rings is 1. The highest BCUT2D eigenvalue weighted by molar-refractivity contribution is 6.36. The van der Waals surface area contributed by atoms with Gasteiger partial charge in [0, 0.05) is 5.56 Å². The number of Topliss-reactive ketones (excluding diaryl/α,β-unsaturated/α-hetero) is 1. The molecule has 0 saturated heterocycles. The zero-order chi connectivity index (χ0) is 13.1. The third kappa shape index (κ3) is 3.23. The van der Waals surface area contributed by atoms with E-state index < -0.39 is 22.7 Å². The summed E-state index contributed by atoms with van der Waals surface area (Å²) in [5.74, 6) is -2.46. The van der Waals surface area contributed by atoms with Crippen LogP contribution in [0.25, 0.3) is 0 Å². The fraction of sp³-hybridized carbons (Fsp3) is 0.273. The Morgan fingerprint density at radius 1 is 1.29 bits per heavy atom. The highest BCUT2D eigenvalue weighted by Gasteiger charge is 2.38. The summed E-state index contributed by atoms with van der Waals surface area (Å²) in [7, 11) is 0. The first-order chi connectivity index (χ1) is 7.88. The first kappa shape index (κ1) is 13.6. The summed E-state index contributed by atoms with van der Waals surface area (Å²) in [6.45, 7) is 1.65. The van der Waals surface area contributed by atoms with Crippen molar-refractivity contribution < 1.29 is 23.1 Å². The van der Waals surface area contributed by atoms with Gasteiger partial charge in [-0.15, -0.1) is 0 Å². The van der Waals surface area contributed by atoms with Gasteiger partial charge in [-0.2, -0.15) is 8.78 Å². The largest absolute Gasteiger partial charge is 0.462 e. The third-order valence-corrected chi connectivity index (χ3v) is 2.10. The summed E-state index contributed by atoms with van der Waals surface area (Å²) in [6.07, 6.45) is 0. The van der Waals surface area contributed by atoms with Crippen LogP contribution in [0.15, 0.2) is 24.3 Å². The summed E-state index contributed by atoms with van der Waals surface area (Å²) in [5.41, 5.74) is -0.675. The van der Waals surface area contributed by atoms with Gasteiger partial charge >= 0.3 is 11.4 Å². The lowest BCUT2D eigenvalue weighted by Crippen LogP contribution is -2.24. The van der Waals surface area contributed by atoms with E-state index in [2.05, 4.69) is 16.3 Å². The van der Waals surface area contributed by atoms with E-state index in [0.717, 1.165) is 6.07 Å². The second-order valence-corrected chi connectivity index (χ2v) is 3.57. The number of alkyl halides is 3. The van der Waals surface area contributed by atoms with E-state index >= 15 is 0 Å². The van der Waals surface area contributed by atoms with Crippen LogP contribution in [0.4, 0.5) is 8.78 Å². The second-order valence-electron chi connectivity index (χ2n) is 3.09. The highest BCUT2D eigenvalue weighted by atomic mass is 35.5. The van der Waals surface area contributed by atoms with Crippen LogP contribution in [-0.2, 0) is 4.74 Å². The van der Waals surface area contributed by atoms with Gasteiger partial charge in [0.25, 0.3) is 0 Å². The van der Waals surface area contributed by atoms with Gasteiger partial charge in [0.05, 0.1) is 12.2 Å². The molecule has 0 spiro atoms. The Kier molecular flexibility index (Phi) is 4.17. The van der Waals surface area contributed by atoms with E-state index in [1.807, 2.05) is 0 Å². The normalized spacial score (nSPS) is 11.1. The molecule has 0 aliphatic carbocycles. The van der Waals surface area contributed by atoms with Crippen molar-refractivity contribution in [2.45, 2.75) is 12.3 Å². The number of carbonyl (C=O) groups excluding carboxylic acids is 2. The fourth-order valence-corrected chi connectivity index (χ4v) is 1.32. The van der Waals surface area contributed by atoms with Crippen molar-refractivity contribution in [1.82, 2.24) is 0 Å². The van der Waals surface area contributed by atoms with Gasteiger partial charge in [0.15, 0.2) is 0 Å². The summed E-state index contributed by atoms with van der Waals surface area (Å²) in [4.78, 5) is 22.7. The summed E-state index contributed by atoms with van der Waals surface area (Å²) in [5, 5.41) is -4.04. The molecule has 0 aromatic heterocycles. The van der Waals surface area contributed by atoms with Gasteiger partial charge in [0.1, 0.15) is 0 Å². The average molecular weight is 263 g/mol. The van der Waals surface area contributed by atoms with Crippen LogP contribution in [0.1, 0.15) is 27.6 Å². The molecule has 0 saturated carbocycles. The molecule has 92 valence electrons. The Hall–Kier alpha value is -1.49. The molecular formula is C11H9ClF2O3. The lowest BCUT2D eigenvalue weighted by molar-refractivity contribution is 0.0493. The molecule has 17 heavy (non-hydrogen) atoms. The molecule has 1 aromatic carbocycles. The van der Waals surface area contributed by atoms with E-state index in [9.17, 15) is 18.4 Å². The molecule has 1 rings (SSSR count). The number of rotatable bonds is 4. The molecule has 3 nitrogen and oxygen atoms in total. The Morgan fingerprint density at radius 3 is 2.29 bits per heavy atom. The number of hydrogen-bond donors (Lipinski definition) is 0. The quantitative estimate of drug-likeness (QED) is 0.476. The van der Waals surface area contributed by atoms with Crippen LogP contribution in [-0.4, -0.2) is 23.7 Å². The number of hydrogen-bond acceptors (Lipinski definition) is 3. The lowest BCUT2D eigenvalue weighted by Gasteiger charge is -2.10. The van der Waals surface area contributed by atoms with Crippen LogP contribution in [0.2, 0.25) is 0 Å². The van der Waals surface area contributed by atoms with E-state index in [1.165, 1.54) is 18.2 Å². The minimum absolute atomic E-state index is 0.0820. The third-order valence-electron chi connectivity index (χ3n) is 1.92. The van der Waals surface area contributed by atoms with Crippen LogP contribution in [0.3, 0.4) is 0 Å². The zero-order valence-corrected chi connectivity index (χ0v) is 9.63. The molecule has 1 aromatic rings. The van der Waals surface area contributed by atoms with Crippen molar-refractivity contribution >= 4 is 23.4 Å². The number of halogens is 3. The van der Waals surface area contributed by atoms with Gasteiger partial charge in [0.2, 0.25) is 5.78 Å². The molecule has 0 aliphatic heterocycles. The van der Waals surface area contributed by atoms with E-state index in [-0.39, 0.29) is 12.2 Å². The van der Waals surface area contributed by atoms with Crippen LogP contribution in [0.5, 0.6) is 0 Å². The van der Waals surface area contributed by atoms with Crippen LogP contribution in [0, 0.1) is 0 Å². The van der Waals surface area contributed by atoms with Gasteiger partial charge in [-0.05, 0) is 24.6 Å². The van der Waals surface area contributed by atoms with Crippen molar-refractivity contribution in [3.05, 3.63) is 35.4 Å². The van der Waals surface area contributed by atoms with E-state index in [4.69, 9.17) is 0 Å². The number of ketones is 1. The maximum absolute atomic E-state index is 12.7. The monoisotopic (exact) mass is 262 g/mol. The van der Waals surface area contributed by atoms with Crippen molar-refractivity contribution in [2.24, 2.45) is 0 Å². The minimum atomic E-state index is -4.04. The first-order valence-corrected chi connectivity index (χ1v) is 5.13. The summed E-state index contributed by atoms with van der Waals surface area (Å²) >= 11 is 4.64. The molecule has 0 atom stereocenters. The molecule has 0 fully saturated rings. The average Bonchev–Trinajstić information content (AvgIpc) is 2.27. The number of carbonyl (C=O) groups is 2. The summed E-state index contributed by atoms with van der Waals surface area (Å²) in [6, 6.07) is 5.13. The van der Waals surface area contributed by atoms with Crippen molar-refractivity contribution in [3.63, 3.8) is 0 Å². The Bertz CT molecular complexity index is 441. The number of esters is 1. The molecular weight excluding hydrogens is 254 g/mol. The maximum atomic E-state index is 12.7. The van der Waals surface area contributed by atoms with Crippen LogP contribution < -0.4 is 0 Å². The van der Waals surface area contributed by atoms with Crippen molar-refractivity contribution in [2.75, 3.05) is 6.61 Å². The lowest BCUT2D eigenvalue weighted by atomic mass is 10.0. The standard InChI is InChI=1S/C11H9ClF2O3/c1-2-17-10(16)8-6-4-3-5-7(8)9(15)11(12,13)14/h3-6H,2H2,1H3. The molecule has 0 N–H and O–H groups in total. The molecule has 0 bridgehead atoms. The summed E-state index contributed by atoms with van der Waals surface area (Å²) < 4.78 is 30.0. The van der Waals surface area contributed by atoms with Gasteiger partial charge in [-0.3, -0.25) is 4.79 Å². The van der Waals surface area contributed by atoms with Gasteiger partial charge < -0.3 is 4.74 Å². The van der Waals surface area contributed by atoms with E-state index in [0.29, 0.717) is 0 Å². The highest BCUT2D eigenvalue weighted by Crippen LogP contribution is 2.26. The Balaban J connectivity index is 3.17. The first-order valence-electron chi connectivity index (χ1n) is 4.75. The van der Waals surface area contributed by atoms with Crippen molar-refractivity contribution in [1.29, 1.82) is 0 Å². The Labute approximate surface area is 101 Å².